The van der Waals surface area contributed by atoms with Crippen molar-refractivity contribution in [3.63, 3.8) is 0 Å². The molecule has 0 radical (unpaired) electrons. The van der Waals surface area contributed by atoms with Gasteiger partial charge in [-0.1, -0.05) is 48.5 Å². The number of allylic oxidation sites excluding steroid dienone is 6. The van der Waals surface area contributed by atoms with Crippen molar-refractivity contribution in [3.05, 3.63) is 152 Å². The minimum absolute atomic E-state index is 0.182. The zero-order valence-corrected chi connectivity index (χ0v) is 22.4. The Labute approximate surface area is 250 Å². The molecule has 0 amide bonds. The van der Waals surface area contributed by atoms with E-state index in [4.69, 9.17) is 13.1 Å². The van der Waals surface area contributed by atoms with Crippen LogP contribution >= 0.6 is 0 Å². The average Bonchev–Trinajstić information content (AvgIpc) is 3.56. The molecular formula is C36H12F2N6. The van der Waals surface area contributed by atoms with Crippen molar-refractivity contribution in [2.75, 3.05) is 0 Å². The summed E-state index contributed by atoms with van der Waals surface area (Å²) in [6.45, 7) is 15.7. The van der Waals surface area contributed by atoms with E-state index >= 15 is 0 Å². The topological polar surface area (TPSA) is 104 Å². The summed E-state index contributed by atoms with van der Waals surface area (Å²) in [5.41, 5.74) is 4.61. The molecule has 0 spiro atoms. The van der Waals surface area contributed by atoms with Gasteiger partial charge in [-0.2, -0.15) is 10.5 Å². The van der Waals surface area contributed by atoms with E-state index in [0.29, 0.717) is 55.7 Å². The Morgan fingerprint density at radius 3 is 1.30 bits per heavy atom. The van der Waals surface area contributed by atoms with E-state index in [9.17, 15) is 29.8 Å². The Kier molecular flexibility index (Phi) is 6.39. The third-order valence-corrected chi connectivity index (χ3v) is 7.62. The first kappa shape index (κ1) is 27.1. The third-order valence-electron chi connectivity index (χ3n) is 7.62. The molecule has 0 heterocycles. The third kappa shape index (κ3) is 3.79. The molecule has 2 aliphatic carbocycles. The predicted molar refractivity (Wildman–Crippen MR) is 158 cm³/mol. The van der Waals surface area contributed by atoms with Crippen molar-refractivity contribution in [2.45, 2.75) is 0 Å². The fourth-order valence-electron chi connectivity index (χ4n) is 5.88. The second-order valence-corrected chi connectivity index (χ2v) is 9.71. The molecule has 0 aromatic heterocycles. The van der Waals surface area contributed by atoms with Crippen LogP contribution in [0.25, 0.3) is 54.2 Å². The Bertz CT molecular complexity index is 2170. The van der Waals surface area contributed by atoms with E-state index in [1.807, 2.05) is 24.3 Å². The van der Waals surface area contributed by atoms with Gasteiger partial charge in [0.05, 0.1) is 36.4 Å². The maximum absolute atomic E-state index is 14.3. The molecule has 0 N–H and O–H groups in total. The maximum atomic E-state index is 14.3. The van der Waals surface area contributed by atoms with Gasteiger partial charge in [-0.3, -0.25) is 0 Å². The van der Waals surface area contributed by atoms with Crippen molar-refractivity contribution in [1.29, 1.82) is 21.0 Å². The summed E-state index contributed by atoms with van der Waals surface area (Å²) in [6, 6.07) is 26.2. The highest BCUT2D eigenvalue weighted by atomic mass is 19.1. The van der Waals surface area contributed by atoms with E-state index in [1.165, 1.54) is 36.4 Å². The van der Waals surface area contributed by atoms with Crippen LogP contribution in [0, 0.1) is 70.1 Å². The number of hydrogen-bond donors (Lipinski definition) is 0. The van der Waals surface area contributed by atoms with Gasteiger partial charge in [0.2, 0.25) is 0 Å². The van der Waals surface area contributed by atoms with Gasteiger partial charge in [0.1, 0.15) is 23.8 Å². The van der Waals surface area contributed by atoms with Gasteiger partial charge in [0, 0.05) is 11.1 Å². The molecule has 6 rings (SSSR count). The zero-order chi connectivity index (χ0) is 31.1. The Balaban J connectivity index is 1.82. The summed E-state index contributed by atoms with van der Waals surface area (Å²) >= 11 is 0. The van der Waals surface area contributed by atoms with Gasteiger partial charge >= 0.3 is 0 Å². The molecule has 0 atom stereocenters. The zero-order valence-electron chi connectivity index (χ0n) is 22.4. The summed E-state index contributed by atoms with van der Waals surface area (Å²) in [6.07, 6.45) is 0. The summed E-state index contributed by atoms with van der Waals surface area (Å²) < 4.78 is 28.7. The Morgan fingerprint density at radius 1 is 0.568 bits per heavy atom. The number of halogens is 2. The lowest BCUT2D eigenvalue weighted by atomic mass is 9.85. The summed E-state index contributed by atoms with van der Waals surface area (Å²) in [7, 11) is 0. The van der Waals surface area contributed by atoms with E-state index in [-0.39, 0.29) is 33.7 Å². The van der Waals surface area contributed by atoms with Gasteiger partial charge in [0.25, 0.3) is 11.4 Å². The second kappa shape index (κ2) is 10.4. The molecule has 4 aromatic carbocycles. The Hall–Kier alpha value is -7.10. The first-order valence-electron chi connectivity index (χ1n) is 12.9. The van der Waals surface area contributed by atoms with Crippen molar-refractivity contribution in [2.24, 2.45) is 0 Å². The van der Waals surface area contributed by atoms with E-state index < -0.39 is 11.6 Å². The van der Waals surface area contributed by atoms with E-state index in [2.05, 4.69) is 9.69 Å². The number of benzene rings is 4. The van der Waals surface area contributed by atoms with Crippen molar-refractivity contribution in [1.82, 2.24) is 0 Å². The second-order valence-electron chi connectivity index (χ2n) is 9.71. The van der Waals surface area contributed by atoms with Crippen LogP contribution in [-0.4, -0.2) is 0 Å². The van der Waals surface area contributed by atoms with E-state index in [1.54, 1.807) is 36.4 Å². The van der Waals surface area contributed by atoms with Crippen molar-refractivity contribution >= 4 is 22.3 Å². The fourth-order valence-corrected chi connectivity index (χ4v) is 5.88. The van der Waals surface area contributed by atoms with Crippen LogP contribution in [0.15, 0.2) is 84.2 Å². The van der Waals surface area contributed by atoms with E-state index in [0.717, 1.165) is 0 Å². The minimum atomic E-state index is -0.696. The molecule has 6 nitrogen and oxygen atoms in total. The average molecular weight is 567 g/mol. The predicted octanol–water partition coefficient (Wildman–Crippen LogP) is 8.29. The molecule has 0 saturated carbocycles. The van der Waals surface area contributed by atoms with Crippen molar-refractivity contribution < 1.29 is 8.78 Å². The van der Waals surface area contributed by atoms with Gasteiger partial charge in [-0.25, -0.2) is 29.0 Å². The smallest absolute Gasteiger partial charge is 0.226 e. The summed E-state index contributed by atoms with van der Waals surface area (Å²) in [5, 5.41) is 39.2. The quantitative estimate of drug-likeness (QED) is 0.180. The number of hydrogen-bond acceptors (Lipinski definition) is 4. The van der Waals surface area contributed by atoms with Crippen molar-refractivity contribution in [3.8, 4) is 46.5 Å². The SMILES string of the molecule is [C-]#[N+]/C(C#N)=C1C2=C(/C(=C(\C#N)[N+]#[C-])c3cccc(-c4ccc(F)c(C#N)c4)c32)c2c\1cccc2-c1ccc(F)c(C#N)c1. The van der Waals surface area contributed by atoms with Gasteiger partial charge in [-0.15, -0.1) is 0 Å². The standard InChI is InChI=1S/C36H12F2N6/c1-43-29(17-41)33-25-7-3-5-23(19-9-11-27(37)21(13-19)15-39)31(25)36-34(30(18-42)44-2)26-8-4-6-24(32(26)35(33)36)20-10-12-28(38)22(14-20)16-40/h3-14H/b33-29-,34-30+. The number of nitrogens with zero attached hydrogens (tertiary/aromatic N) is 6. The molecule has 0 bridgehead atoms. The molecule has 0 fully saturated rings. The number of rotatable bonds is 2. The van der Waals surface area contributed by atoms with Gasteiger partial charge in [0.15, 0.2) is 0 Å². The first-order valence-corrected chi connectivity index (χ1v) is 12.9. The highest BCUT2D eigenvalue weighted by Crippen LogP contribution is 2.62. The van der Waals surface area contributed by atoms with Crippen LogP contribution in [0.5, 0.6) is 0 Å². The highest BCUT2D eigenvalue weighted by molar-refractivity contribution is 6.39. The Morgan fingerprint density at radius 2 is 0.955 bits per heavy atom. The van der Waals surface area contributed by atoms with Crippen LogP contribution in [0.2, 0.25) is 0 Å². The lowest BCUT2D eigenvalue weighted by molar-refractivity contribution is 0.623. The lowest BCUT2D eigenvalue weighted by Gasteiger charge is -2.18. The molecule has 4 aromatic rings. The minimum Gasteiger partial charge on any atom is -0.226 e. The molecule has 44 heavy (non-hydrogen) atoms. The monoisotopic (exact) mass is 566 g/mol. The molecule has 200 valence electrons. The van der Waals surface area contributed by atoms with Crippen LogP contribution in [-0.2, 0) is 0 Å². The number of nitriles is 4. The molecule has 2 aliphatic rings. The number of fused-ring (bicyclic) bond motifs is 4. The first-order chi connectivity index (χ1) is 21.4. The normalized spacial score (nSPS) is 14.5. The molecular weight excluding hydrogens is 554 g/mol. The summed E-state index contributed by atoms with van der Waals surface area (Å²) in [4.78, 5) is 7.04. The van der Waals surface area contributed by atoms with Gasteiger partial charge in [-0.05, 0) is 79.9 Å². The van der Waals surface area contributed by atoms with Gasteiger partial charge < -0.3 is 0 Å². The highest BCUT2D eigenvalue weighted by Gasteiger charge is 2.42. The van der Waals surface area contributed by atoms with Crippen LogP contribution < -0.4 is 0 Å². The lowest BCUT2D eigenvalue weighted by Crippen LogP contribution is -1.99. The molecule has 0 unspecified atom stereocenters. The molecule has 0 saturated heterocycles. The largest absolute Gasteiger partial charge is 0.270 e. The van der Waals surface area contributed by atoms with Crippen LogP contribution in [0.3, 0.4) is 0 Å². The molecule has 0 aliphatic heterocycles. The summed E-state index contributed by atoms with van der Waals surface area (Å²) in [5.74, 6) is -1.39. The van der Waals surface area contributed by atoms with Crippen LogP contribution in [0.1, 0.15) is 33.4 Å². The maximum Gasteiger partial charge on any atom is 0.270 e. The molecule has 8 heteroatoms. The fraction of sp³-hybridized carbons (Fsp3) is 0. The van der Waals surface area contributed by atoms with Crippen LogP contribution in [0.4, 0.5) is 8.78 Å².